The third-order valence-corrected chi connectivity index (χ3v) is 4.86. The summed E-state index contributed by atoms with van der Waals surface area (Å²) in [5.41, 5.74) is -0.680. The number of amides is 4. The van der Waals surface area contributed by atoms with E-state index in [1.54, 1.807) is 36.1 Å². The van der Waals surface area contributed by atoms with Gasteiger partial charge in [-0.15, -0.1) is 0 Å². The van der Waals surface area contributed by atoms with Crippen LogP contribution in [0.5, 0.6) is 5.75 Å². The zero-order chi connectivity index (χ0) is 18.2. The van der Waals surface area contributed by atoms with Crippen LogP contribution in [0, 0.1) is 0 Å². The summed E-state index contributed by atoms with van der Waals surface area (Å²) < 4.78 is 5.32. The molecule has 3 rings (SSSR count). The van der Waals surface area contributed by atoms with Gasteiger partial charge in [0, 0.05) is 18.2 Å². The molecular weight excluding hydrogens is 322 g/mol. The van der Waals surface area contributed by atoms with Crippen LogP contribution in [0.15, 0.2) is 24.3 Å². The second-order valence-corrected chi connectivity index (χ2v) is 6.56. The molecule has 1 aromatic rings. The molecule has 0 radical (unpaired) electrons. The van der Waals surface area contributed by atoms with E-state index in [1.165, 1.54) is 7.11 Å². The van der Waals surface area contributed by atoms with Crippen molar-refractivity contribution < 1.29 is 19.1 Å². The van der Waals surface area contributed by atoms with Gasteiger partial charge in [-0.1, -0.05) is 18.2 Å². The van der Waals surface area contributed by atoms with Crippen LogP contribution < -0.4 is 10.1 Å². The van der Waals surface area contributed by atoms with Crippen LogP contribution in [-0.4, -0.2) is 53.9 Å². The van der Waals surface area contributed by atoms with Gasteiger partial charge < -0.3 is 15.0 Å². The van der Waals surface area contributed by atoms with Gasteiger partial charge in [-0.3, -0.25) is 14.5 Å². The van der Waals surface area contributed by atoms with E-state index in [9.17, 15) is 14.4 Å². The summed E-state index contributed by atoms with van der Waals surface area (Å²) in [5, 5.41) is 2.71. The maximum absolute atomic E-state index is 13.0. The molecule has 1 N–H and O–H groups in total. The van der Waals surface area contributed by atoms with E-state index < -0.39 is 17.5 Å². The molecule has 1 saturated heterocycles. The zero-order valence-electron chi connectivity index (χ0n) is 14.7. The smallest absolute Gasteiger partial charge is 0.325 e. The van der Waals surface area contributed by atoms with Gasteiger partial charge in [-0.2, -0.15) is 0 Å². The molecule has 1 atom stereocenters. The van der Waals surface area contributed by atoms with Crippen LogP contribution in [0.25, 0.3) is 0 Å². The maximum Gasteiger partial charge on any atom is 0.325 e. The van der Waals surface area contributed by atoms with Crippen LogP contribution in [0.3, 0.4) is 0 Å². The van der Waals surface area contributed by atoms with Crippen LogP contribution in [0.4, 0.5) is 4.79 Å². The molecule has 0 aromatic heterocycles. The Kier molecular flexibility index (Phi) is 4.41. The fourth-order valence-electron chi connectivity index (χ4n) is 3.33. The Labute approximate surface area is 146 Å². The van der Waals surface area contributed by atoms with E-state index in [4.69, 9.17) is 4.74 Å². The Balaban J connectivity index is 1.83. The number of nitrogens with one attached hydrogen (secondary N) is 1. The maximum atomic E-state index is 13.0. The van der Waals surface area contributed by atoms with Crippen molar-refractivity contribution in [3.63, 3.8) is 0 Å². The molecular formula is C18H23N3O4. The number of carbonyl (C=O) groups is 3. The highest BCUT2D eigenvalue weighted by atomic mass is 16.5. The molecule has 0 spiro atoms. The fraction of sp³-hybridized carbons (Fsp3) is 0.500. The molecule has 1 aliphatic heterocycles. The van der Waals surface area contributed by atoms with E-state index in [1.807, 2.05) is 6.92 Å². The molecule has 2 fully saturated rings. The number of carbonyl (C=O) groups excluding carboxylic acids is 3. The lowest BCUT2D eigenvalue weighted by molar-refractivity contribution is -0.139. The molecule has 0 bridgehead atoms. The standard InChI is InChI=1S/C18H23N3O4/c1-4-20(12-9-10-12)15(22)11-21-16(23)18(2,19-17(21)24)13-7-5-6-8-14(13)25-3/h5-8,12H,4,9-11H2,1-3H3,(H,19,24)/t18-/m1/s1. The first-order valence-electron chi connectivity index (χ1n) is 8.49. The topological polar surface area (TPSA) is 79.0 Å². The van der Waals surface area contributed by atoms with Crippen molar-refractivity contribution >= 4 is 17.8 Å². The molecule has 0 unspecified atom stereocenters. The van der Waals surface area contributed by atoms with Crippen LogP contribution in [0.1, 0.15) is 32.3 Å². The van der Waals surface area contributed by atoms with Gasteiger partial charge >= 0.3 is 6.03 Å². The Hall–Kier alpha value is -2.57. The molecule has 1 saturated carbocycles. The minimum atomic E-state index is -1.25. The minimum absolute atomic E-state index is 0.197. The number of hydrogen-bond acceptors (Lipinski definition) is 4. The molecule has 1 heterocycles. The van der Waals surface area contributed by atoms with Gasteiger partial charge in [-0.25, -0.2) is 4.79 Å². The number of hydrogen-bond donors (Lipinski definition) is 1. The van der Waals surface area contributed by atoms with Crippen LogP contribution in [0.2, 0.25) is 0 Å². The largest absolute Gasteiger partial charge is 0.496 e. The average molecular weight is 345 g/mol. The summed E-state index contributed by atoms with van der Waals surface area (Å²) >= 11 is 0. The highest BCUT2D eigenvalue weighted by Crippen LogP contribution is 2.35. The van der Waals surface area contributed by atoms with Gasteiger partial charge in [0.1, 0.15) is 17.8 Å². The average Bonchev–Trinajstić information content (AvgIpc) is 3.41. The molecule has 2 aliphatic rings. The quantitative estimate of drug-likeness (QED) is 0.792. The highest BCUT2D eigenvalue weighted by molar-refractivity contribution is 6.09. The van der Waals surface area contributed by atoms with Gasteiger partial charge in [0.2, 0.25) is 5.91 Å². The molecule has 4 amide bonds. The lowest BCUT2D eigenvalue weighted by Gasteiger charge is -2.25. The number of benzene rings is 1. The Morgan fingerprint density at radius 1 is 1.36 bits per heavy atom. The molecule has 134 valence electrons. The van der Waals surface area contributed by atoms with Crippen molar-refractivity contribution in [2.45, 2.75) is 38.3 Å². The first-order valence-corrected chi connectivity index (χ1v) is 8.49. The second-order valence-electron chi connectivity index (χ2n) is 6.56. The summed E-state index contributed by atoms with van der Waals surface area (Å²) in [6.45, 7) is 3.88. The fourth-order valence-corrected chi connectivity index (χ4v) is 3.33. The van der Waals surface area contributed by atoms with E-state index >= 15 is 0 Å². The highest BCUT2D eigenvalue weighted by Gasteiger charge is 2.51. The second kappa shape index (κ2) is 6.38. The van der Waals surface area contributed by atoms with E-state index in [0.29, 0.717) is 17.9 Å². The number of methoxy groups -OCH3 is 1. The van der Waals surface area contributed by atoms with Gasteiger partial charge in [-0.05, 0) is 32.8 Å². The number of para-hydroxylation sites is 1. The van der Waals surface area contributed by atoms with Crippen molar-refractivity contribution in [1.82, 2.24) is 15.1 Å². The lowest BCUT2D eigenvalue weighted by Crippen LogP contribution is -2.45. The first kappa shape index (κ1) is 17.3. The summed E-state index contributed by atoms with van der Waals surface area (Å²) in [4.78, 5) is 40.6. The number of rotatable bonds is 6. The number of nitrogens with zero attached hydrogens (tertiary/aromatic N) is 2. The predicted octanol–water partition coefficient (Wildman–Crippen LogP) is 1.47. The number of likely N-dealkylation sites (N-methyl/N-ethyl adjacent to an activating group) is 1. The van der Waals surface area contributed by atoms with E-state index in [-0.39, 0.29) is 18.5 Å². The number of imide groups is 1. The molecule has 7 heteroatoms. The van der Waals surface area contributed by atoms with Crippen molar-refractivity contribution in [1.29, 1.82) is 0 Å². The summed E-state index contributed by atoms with van der Waals surface area (Å²) in [6, 6.07) is 6.74. The van der Waals surface area contributed by atoms with Crippen molar-refractivity contribution in [2.75, 3.05) is 20.2 Å². The summed E-state index contributed by atoms with van der Waals surface area (Å²) in [7, 11) is 1.51. The van der Waals surface area contributed by atoms with Gasteiger partial charge in [0.05, 0.1) is 7.11 Å². The molecule has 7 nitrogen and oxygen atoms in total. The lowest BCUT2D eigenvalue weighted by atomic mass is 9.91. The SMILES string of the molecule is CCN(C(=O)CN1C(=O)N[C@](C)(c2ccccc2OC)C1=O)C1CC1. The molecule has 1 aliphatic carbocycles. The molecule has 25 heavy (non-hydrogen) atoms. The predicted molar refractivity (Wildman–Crippen MR) is 91.0 cm³/mol. The van der Waals surface area contributed by atoms with E-state index in [2.05, 4.69) is 5.32 Å². The Bertz CT molecular complexity index is 716. The minimum Gasteiger partial charge on any atom is -0.496 e. The van der Waals surface area contributed by atoms with Crippen LogP contribution in [-0.2, 0) is 15.1 Å². The first-order chi connectivity index (χ1) is 11.9. The third-order valence-electron chi connectivity index (χ3n) is 4.86. The van der Waals surface area contributed by atoms with Gasteiger partial charge in [0.15, 0.2) is 0 Å². The number of ether oxygens (including phenoxy) is 1. The van der Waals surface area contributed by atoms with E-state index in [0.717, 1.165) is 17.7 Å². The van der Waals surface area contributed by atoms with Crippen LogP contribution >= 0.6 is 0 Å². The monoisotopic (exact) mass is 345 g/mol. The zero-order valence-corrected chi connectivity index (χ0v) is 14.7. The molecule has 1 aromatic carbocycles. The van der Waals surface area contributed by atoms with Crippen molar-refractivity contribution in [3.05, 3.63) is 29.8 Å². The van der Waals surface area contributed by atoms with Gasteiger partial charge in [0.25, 0.3) is 5.91 Å². The Morgan fingerprint density at radius 3 is 2.64 bits per heavy atom. The third kappa shape index (κ3) is 2.94. The summed E-state index contributed by atoms with van der Waals surface area (Å²) in [6.07, 6.45) is 1.97. The Morgan fingerprint density at radius 2 is 2.04 bits per heavy atom. The normalized spacial score (nSPS) is 22.8. The van der Waals surface area contributed by atoms with Crippen molar-refractivity contribution in [3.8, 4) is 5.75 Å². The summed E-state index contributed by atoms with van der Waals surface area (Å²) in [5.74, 6) is -0.125. The van der Waals surface area contributed by atoms with Crippen molar-refractivity contribution in [2.24, 2.45) is 0 Å². The number of urea groups is 1.